The molecule has 57 heavy (non-hydrogen) atoms. The highest BCUT2D eigenvalue weighted by Crippen LogP contribution is 2.18. The van der Waals surface area contributed by atoms with Crippen molar-refractivity contribution in [1.82, 2.24) is 0 Å². The molecule has 0 atom stereocenters. The smallest absolute Gasteiger partial charge is 0.320 e. The van der Waals surface area contributed by atoms with E-state index in [9.17, 15) is 19.2 Å². The zero-order valence-corrected chi connectivity index (χ0v) is 38.1. The van der Waals surface area contributed by atoms with Crippen LogP contribution in [-0.4, -0.2) is 59.0 Å². The maximum atomic E-state index is 11.9. The van der Waals surface area contributed by atoms with Crippen molar-refractivity contribution in [2.75, 3.05) is 19.8 Å². The van der Waals surface area contributed by atoms with Crippen LogP contribution in [0.1, 0.15) is 253 Å². The number of carboxylic acid groups (broad SMARTS) is 2. The molecule has 340 valence electrons. The van der Waals surface area contributed by atoms with E-state index in [2.05, 4.69) is 13.8 Å². The summed E-state index contributed by atoms with van der Waals surface area (Å²) in [5.74, 6) is -5.28. The molecule has 0 aromatic rings. The minimum absolute atomic E-state index is 0.250. The molecule has 0 aliphatic rings. The summed E-state index contributed by atoms with van der Waals surface area (Å²) in [5.41, 5.74) is 0. The van der Waals surface area contributed by atoms with Crippen LogP contribution < -0.4 is 0 Å². The van der Waals surface area contributed by atoms with Crippen LogP contribution in [0, 0.1) is 11.8 Å². The Kier molecular flexibility index (Phi) is 51.9. The number of aliphatic carboxylic acids is 2. The van der Waals surface area contributed by atoms with Crippen LogP contribution in [0.4, 0.5) is 0 Å². The highest BCUT2D eigenvalue weighted by molar-refractivity contribution is 5.94. The Labute approximate surface area is 351 Å². The van der Waals surface area contributed by atoms with Gasteiger partial charge in [-0.1, -0.05) is 219 Å². The van der Waals surface area contributed by atoms with Crippen LogP contribution in [0.25, 0.3) is 0 Å². The molecule has 0 rings (SSSR count). The van der Waals surface area contributed by atoms with Gasteiger partial charge >= 0.3 is 23.9 Å². The van der Waals surface area contributed by atoms with Crippen molar-refractivity contribution in [3.63, 3.8) is 0 Å². The number of ether oxygens (including phenoxy) is 2. The number of carboxylic acids is 2. The van der Waals surface area contributed by atoms with E-state index in [4.69, 9.17) is 24.8 Å². The maximum Gasteiger partial charge on any atom is 0.320 e. The number of aliphatic hydroxyl groups excluding tert-OH is 1. The Bertz CT molecular complexity index is 831. The van der Waals surface area contributed by atoms with E-state index in [0.717, 1.165) is 25.7 Å². The third-order valence-electron chi connectivity index (χ3n) is 10.4. The first-order valence-electron chi connectivity index (χ1n) is 24.1. The SMILES string of the molecule is CCCCCCCCCCCCCCCCCCC(C(=O)O)C(=O)O.CCCCCCCCCCCCCCCCCCC(C(=O)OCC)C(=O)OCC.CCO. The topological polar surface area (TPSA) is 147 Å². The minimum Gasteiger partial charge on any atom is -0.481 e. The number of hydrogen-bond donors (Lipinski definition) is 3. The van der Waals surface area contributed by atoms with Crippen molar-refractivity contribution in [3.8, 4) is 0 Å². The van der Waals surface area contributed by atoms with Crippen LogP contribution in [0.15, 0.2) is 0 Å². The Morgan fingerprint density at radius 1 is 0.351 bits per heavy atom. The molecule has 0 aromatic carbocycles. The van der Waals surface area contributed by atoms with Gasteiger partial charge in [-0.25, -0.2) is 0 Å². The van der Waals surface area contributed by atoms with E-state index in [-0.39, 0.29) is 13.0 Å². The molecule has 0 fully saturated rings. The van der Waals surface area contributed by atoms with Crippen molar-refractivity contribution in [3.05, 3.63) is 0 Å². The summed E-state index contributed by atoms with van der Waals surface area (Å²) >= 11 is 0. The van der Waals surface area contributed by atoms with Gasteiger partial charge in [0.15, 0.2) is 11.8 Å². The van der Waals surface area contributed by atoms with Crippen LogP contribution >= 0.6 is 0 Å². The summed E-state index contributed by atoms with van der Waals surface area (Å²) in [6, 6.07) is 0. The van der Waals surface area contributed by atoms with Gasteiger partial charge in [0.1, 0.15) is 0 Å². The van der Waals surface area contributed by atoms with Crippen LogP contribution in [0.2, 0.25) is 0 Å². The van der Waals surface area contributed by atoms with Gasteiger partial charge in [-0.2, -0.15) is 0 Å². The minimum atomic E-state index is -1.23. The molecule has 0 aliphatic carbocycles. The fraction of sp³-hybridized carbons (Fsp3) is 0.917. The summed E-state index contributed by atoms with van der Waals surface area (Å²) in [4.78, 5) is 45.4. The second-order valence-electron chi connectivity index (χ2n) is 15.8. The van der Waals surface area contributed by atoms with Crippen LogP contribution in [0.3, 0.4) is 0 Å². The molecule has 0 amide bonds. The second-order valence-corrected chi connectivity index (χ2v) is 15.8. The molecule has 0 aliphatic heterocycles. The van der Waals surface area contributed by atoms with Crippen molar-refractivity contribution >= 4 is 23.9 Å². The predicted octanol–water partition coefficient (Wildman–Crippen LogP) is 13.8. The fourth-order valence-corrected chi connectivity index (χ4v) is 6.96. The van der Waals surface area contributed by atoms with Gasteiger partial charge in [-0.15, -0.1) is 0 Å². The summed E-state index contributed by atoms with van der Waals surface area (Å²) in [6.45, 7) is 10.6. The van der Waals surface area contributed by atoms with Crippen LogP contribution in [0.5, 0.6) is 0 Å². The van der Waals surface area contributed by atoms with Crippen LogP contribution in [-0.2, 0) is 28.7 Å². The first kappa shape index (κ1) is 59.2. The number of unbranched alkanes of at least 4 members (excludes halogenated alkanes) is 30. The molecule has 0 spiro atoms. The van der Waals surface area contributed by atoms with Gasteiger partial charge in [0.05, 0.1) is 13.2 Å². The predicted molar refractivity (Wildman–Crippen MR) is 237 cm³/mol. The molecule has 0 saturated heterocycles. The number of rotatable bonds is 40. The van der Waals surface area contributed by atoms with Gasteiger partial charge in [-0.05, 0) is 33.6 Å². The standard InChI is InChI=1S/C25H48O4.C21H40O4.C2H6O/c1-4-7-8-9-10-11-12-13-14-15-16-17-18-19-20-21-22-23(24(26)28-5-2)25(27)29-6-3;1-2-3-4-5-6-7-8-9-10-11-12-13-14-15-16-17-18-19(20(22)23)21(24)25;1-2-3/h23H,4-22H2,1-3H3;19H,2-18H2,1H3,(H,22,23)(H,24,25);3H,2H2,1H3. The molecule has 0 aromatic heterocycles. The average molecular weight is 815 g/mol. The summed E-state index contributed by atoms with van der Waals surface area (Å²) in [6.07, 6.45) is 42.0. The summed E-state index contributed by atoms with van der Waals surface area (Å²) < 4.78 is 10.0. The monoisotopic (exact) mass is 815 g/mol. The highest BCUT2D eigenvalue weighted by Gasteiger charge is 2.28. The lowest BCUT2D eigenvalue weighted by atomic mass is 9.99. The molecule has 0 radical (unpaired) electrons. The average Bonchev–Trinajstić information content (AvgIpc) is 3.17. The maximum absolute atomic E-state index is 11.9. The molecule has 3 N–H and O–H groups in total. The van der Waals surface area contributed by atoms with Gasteiger partial charge in [0, 0.05) is 6.61 Å². The number of carbonyl (C=O) groups excluding carboxylic acids is 2. The normalized spacial score (nSPS) is 10.8. The largest absolute Gasteiger partial charge is 0.481 e. The Morgan fingerprint density at radius 2 is 0.544 bits per heavy atom. The lowest BCUT2D eigenvalue weighted by Gasteiger charge is -2.14. The van der Waals surface area contributed by atoms with E-state index in [0.29, 0.717) is 26.1 Å². The lowest BCUT2D eigenvalue weighted by Crippen LogP contribution is -2.28. The van der Waals surface area contributed by atoms with E-state index < -0.39 is 35.7 Å². The molecule has 9 heteroatoms. The lowest BCUT2D eigenvalue weighted by molar-refractivity contribution is -0.162. The van der Waals surface area contributed by atoms with Gasteiger partial charge < -0.3 is 24.8 Å². The molecule has 9 nitrogen and oxygen atoms in total. The first-order valence-corrected chi connectivity index (χ1v) is 24.1. The Balaban J connectivity index is -0.000000965. The summed E-state index contributed by atoms with van der Waals surface area (Å²) in [7, 11) is 0. The number of carbonyl (C=O) groups is 4. The van der Waals surface area contributed by atoms with Crippen molar-refractivity contribution in [2.24, 2.45) is 11.8 Å². The fourth-order valence-electron chi connectivity index (χ4n) is 6.96. The van der Waals surface area contributed by atoms with E-state index in [1.165, 1.54) is 173 Å². The van der Waals surface area contributed by atoms with Gasteiger partial charge in [0.2, 0.25) is 0 Å². The summed E-state index contributed by atoms with van der Waals surface area (Å²) in [5, 5.41) is 25.1. The molecule has 0 bridgehead atoms. The van der Waals surface area contributed by atoms with Gasteiger partial charge in [0.25, 0.3) is 0 Å². The third kappa shape index (κ3) is 46.4. The molecular formula is C48H94O9. The highest BCUT2D eigenvalue weighted by atomic mass is 16.6. The van der Waals surface area contributed by atoms with Crippen molar-refractivity contribution < 1.29 is 44.0 Å². The third-order valence-corrected chi connectivity index (χ3v) is 10.4. The zero-order chi connectivity index (χ0) is 43.0. The van der Waals surface area contributed by atoms with E-state index in [1.54, 1.807) is 20.8 Å². The second kappa shape index (κ2) is 50.0. The van der Waals surface area contributed by atoms with E-state index >= 15 is 0 Å². The van der Waals surface area contributed by atoms with Gasteiger partial charge in [-0.3, -0.25) is 19.2 Å². The quantitative estimate of drug-likeness (QED) is 0.0312. The van der Waals surface area contributed by atoms with Crippen molar-refractivity contribution in [2.45, 2.75) is 253 Å². The van der Waals surface area contributed by atoms with Crippen molar-refractivity contribution in [1.29, 1.82) is 0 Å². The van der Waals surface area contributed by atoms with E-state index in [1.807, 2.05) is 0 Å². The molecule has 0 saturated carbocycles. The Hall–Kier alpha value is -2.16. The zero-order valence-electron chi connectivity index (χ0n) is 38.1. The number of esters is 2. The Morgan fingerprint density at radius 3 is 0.737 bits per heavy atom. The molecule has 0 heterocycles. The number of hydrogen-bond acceptors (Lipinski definition) is 7. The molecular weight excluding hydrogens is 721 g/mol. The number of aliphatic hydroxyl groups is 1. The first-order chi connectivity index (χ1) is 27.7. The molecule has 0 unspecified atom stereocenters.